The van der Waals surface area contributed by atoms with Gasteiger partial charge in [0.25, 0.3) is 0 Å². The van der Waals surface area contributed by atoms with Crippen molar-refractivity contribution >= 4 is 38.6 Å². The fourth-order valence-electron chi connectivity index (χ4n) is 8.72. The van der Waals surface area contributed by atoms with Crippen molar-refractivity contribution in [1.82, 2.24) is 0 Å². The van der Waals surface area contributed by atoms with Gasteiger partial charge in [-0.25, -0.2) is 0 Å². The monoisotopic (exact) mass is 689 g/mol. The van der Waals surface area contributed by atoms with E-state index in [1.807, 2.05) is 0 Å². The van der Waals surface area contributed by atoms with Gasteiger partial charge in [-0.15, -0.1) is 0 Å². The minimum absolute atomic E-state index is 0.107. The summed E-state index contributed by atoms with van der Waals surface area (Å²) in [6, 6.07) is 73.4. The number of anilines is 3. The highest BCUT2D eigenvalue weighted by molar-refractivity contribution is 5.99. The zero-order valence-corrected chi connectivity index (χ0v) is 30.5. The van der Waals surface area contributed by atoms with Crippen LogP contribution in [-0.2, 0) is 5.41 Å². The summed E-state index contributed by atoms with van der Waals surface area (Å²) < 4.78 is 0. The van der Waals surface area contributed by atoms with Crippen LogP contribution in [0.4, 0.5) is 17.1 Å². The summed E-state index contributed by atoms with van der Waals surface area (Å²) >= 11 is 0. The molecule has 256 valence electrons. The number of para-hydroxylation sites is 1. The summed E-state index contributed by atoms with van der Waals surface area (Å²) in [5.74, 6) is 0. The maximum atomic E-state index is 2.48. The van der Waals surface area contributed by atoms with Crippen LogP contribution in [0.1, 0.15) is 25.0 Å². The number of fused-ring (bicyclic) bond motifs is 5. The molecule has 1 aliphatic carbocycles. The van der Waals surface area contributed by atoms with Gasteiger partial charge in [-0.2, -0.15) is 0 Å². The lowest BCUT2D eigenvalue weighted by Gasteiger charge is -2.30. The Morgan fingerprint density at radius 3 is 1.70 bits per heavy atom. The minimum atomic E-state index is -0.107. The summed E-state index contributed by atoms with van der Waals surface area (Å²) in [5.41, 5.74) is 15.9. The molecular weight excluding hydrogens is 651 g/mol. The predicted molar refractivity (Wildman–Crippen MR) is 230 cm³/mol. The topological polar surface area (TPSA) is 3.24 Å². The third kappa shape index (κ3) is 5.24. The zero-order chi connectivity index (χ0) is 36.2. The Morgan fingerprint density at radius 1 is 0.352 bits per heavy atom. The van der Waals surface area contributed by atoms with E-state index in [2.05, 4.69) is 219 Å². The first-order valence-electron chi connectivity index (χ1n) is 18.8. The predicted octanol–water partition coefficient (Wildman–Crippen LogP) is 14.8. The number of benzene rings is 9. The van der Waals surface area contributed by atoms with Crippen LogP contribution in [0.15, 0.2) is 200 Å². The second-order valence-corrected chi connectivity index (χ2v) is 14.9. The molecule has 54 heavy (non-hydrogen) atoms. The van der Waals surface area contributed by atoms with Gasteiger partial charge in [0, 0.05) is 22.2 Å². The third-order valence-electron chi connectivity index (χ3n) is 11.5. The molecule has 0 aromatic heterocycles. The first kappa shape index (κ1) is 32.0. The van der Waals surface area contributed by atoms with E-state index in [4.69, 9.17) is 0 Å². The lowest BCUT2D eigenvalue weighted by molar-refractivity contribution is 0.660. The molecule has 0 radical (unpaired) electrons. The van der Waals surface area contributed by atoms with Gasteiger partial charge in [-0.05, 0) is 96.4 Å². The van der Waals surface area contributed by atoms with Crippen molar-refractivity contribution < 1.29 is 0 Å². The van der Waals surface area contributed by atoms with Crippen molar-refractivity contribution in [1.29, 1.82) is 0 Å². The highest BCUT2D eigenvalue weighted by Gasteiger charge is 2.37. The molecule has 0 atom stereocenters. The van der Waals surface area contributed by atoms with E-state index in [0.717, 1.165) is 11.4 Å². The molecule has 1 nitrogen and oxygen atoms in total. The molecule has 0 saturated carbocycles. The van der Waals surface area contributed by atoms with Crippen LogP contribution in [-0.4, -0.2) is 0 Å². The van der Waals surface area contributed by atoms with Crippen molar-refractivity contribution in [2.75, 3.05) is 4.90 Å². The minimum Gasteiger partial charge on any atom is -0.309 e. The maximum Gasteiger partial charge on any atom is 0.0543 e. The second-order valence-electron chi connectivity index (χ2n) is 14.9. The molecule has 1 heteroatoms. The van der Waals surface area contributed by atoms with Gasteiger partial charge in [0.1, 0.15) is 0 Å². The number of rotatable bonds is 6. The number of hydrogen-bond acceptors (Lipinski definition) is 1. The second kappa shape index (κ2) is 12.8. The molecule has 0 amide bonds. The van der Waals surface area contributed by atoms with Crippen LogP contribution in [0, 0.1) is 0 Å². The van der Waals surface area contributed by atoms with Gasteiger partial charge in [-0.3, -0.25) is 0 Å². The van der Waals surface area contributed by atoms with Gasteiger partial charge < -0.3 is 4.90 Å². The van der Waals surface area contributed by atoms with E-state index in [1.54, 1.807) is 0 Å². The molecular formula is C53H39N. The highest BCUT2D eigenvalue weighted by atomic mass is 15.1. The largest absolute Gasteiger partial charge is 0.309 e. The van der Waals surface area contributed by atoms with Crippen molar-refractivity contribution in [2.45, 2.75) is 19.3 Å². The highest BCUT2D eigenvalue weighted by Crippen LogP contribution is 2.55. The SMILES string of the molecule is CC1(C)c2ccccc2-c2c(N(c3ccc(-c4ccc5ccccc5c4)cc3)c3ccccc3-c3ccc(-c4cccc5ccccc45)cc3)cccc21. The molecule has 0 aliphatic heterocycles. The van der Waals surface area contributed by atoms with E-state index in [9.17, 15) is 0 Å². The van der Waals surface area contributed by atoms with Crippen molar-refractivity contribution in [2.24, 2.45) is 0 Å². The van der Waals surface area contributed by atoms with E-state index >= 15 is 0 Å². The van der Waals surface area contributed by atoms with E-state index in [0.29, 0.717) is 0 Å². The van der Waals surface area contributed by atoms with Crippen LogP contribution >= 0.6 is 0 Å². The molecule has 9 aromatic carbocycles. The number of hydrogen-bond donors (Lipinski definition) is 0. The first-order valence-corrected chi connectivity index (χ1v) is 18.8. The molecule has 0 N–H and O–H groups in total. The Labute approximate surface area is 317 Å². The van der Waals surface area contributed by atoms with Crippen molar-refractivity contribution in [3.05, 3.63) is 211 Å². The molecule has 10 rings (SSSR count). The molecule has 0 bridgehead atoms. The van der Waals surface area contributed by atoms with Crippen LogP contribution in [0.25, 0.3) is 66.1 Å². The normalized spacial score (nSPS) is 12.8. The van der Waals surface area contributed by atoms with E-state index in [1.165, 1.54) is 82.9 Å². The molecule has 9 aromatic rings. The summed E-state index contributed by atoms with van der Waals surface area (Å²) in [6.07, 6.45) is 0. The Balaban J connectivity index is 1.13. The fourth-order valence-corrected chi connectivity index (χ4v) is 8.72. The number of nitrogens with zero attached hydrogens (tertiary/aromatic N) is 1. The standard InChI is InChI=1S/C53H39N/c1-53(2)48-21-9-7-19-47(48)52-49(53)22-12-24-51(52)54(43-33-31-37(32-34-43)42-30-25-36-13-3-4-15-41(36)35-42)50-23-10-8-18-46(50)40-28-26-39(27-29-40)45-20-11-16-38-14-5-6-17-44(38)45/h3-35H,1-2H3. The van der Waals surface area contributed by atoms with Crippen LogP contribution in [0.3, 0.4) is 0 Å². The Kier molecular flexibility index (Phi) is 7.56. The zero-order valence-electron chi connectivity index (χ0n) is 30.5. The van der Waals surface area contributed by atoms with Crippen molar-refractivity contribution in [3.8, 4) is 44.5 Å². The van der Waals surface area contributed by atoms with Crippen LogP contribution in [0.2, 0.25) is 0 Å². The van der Waals surface area contributed by atoms with Gasteiger partial charge in [-0.1, -0.05) is 184 Å². The van der Waals surface area contributed by atoms with Crippen LogP contribution < -0.4 is 4.90 Å². The van der Waals surface area contributed by atoms with Gasteiger partial charge >= 0.3 is 0 Å². The van der Waals surface area contributed by atoms with Gasteiger partial charge in [0.2, 0.25) is 0 Å². The van der Waals surface area contributed by atoms with E-state index in [-0.39, 0.29) is 5.41 Å². The summed E-state index contributed by atoms with van der Waals surface area (Å²) in [5, 5.41) is 5.04. The Bertz CT molecular complexity index is 2840. The molecule has 0 heterocycles. The first-order chi connectivity index (χ1) is 26.5. The lowest BCUT2D eigenvalue weighted by atomic mass is 9.82. The van der Waals surface area contributed by atoms with Crippen LogP contribution in [0.5, 0.6) is 0 Å². The van der Waals surface area contributed by atoms with E-state index < -0.39 is 0 Å². The van der Waals surface area contributed by atoms with Gasteiger partial charge in [0.15, 0.2) is 0 Å². The Hall–Kier alpha value is -6.70. The summed E-state index contributed by atoms with van der Waals surface area (Å²) in [4.78, 5) is 2.48. The molecule has 1 aliphatic rings. The summed E-state index contributed by atoms with van der Waals surface area (Å²) in [7, 11) is 0. The average Bonchev–Trinajstić information content (AvgIpc) is 3.47. The van der Waals surface area contributed by atoms with Crippen molar-refractivity contribution in [3.63, 3.8) is 0 Å². The average molecular weight is 690 g/mol. The van der Waals surface area contributed by atoms with Gasteiger partial charge in [0.05, 0.1) is 11.4 Å². The molecule has 0 saturated heterocycles. The lowest BCUT2D eigenvalue weighted by Crippen LogP contribution is -2.16. The summed E-state index contributed by atoms with van der Waals surface area (Å²) in [6.45, 7) is 4.71. The Morgan fingerprint density at radius 2 is 0.889 bits per heavy atom. The molecule has 0 spiro atoms. The third-order valence-corrected chi connectivity index (χ3v) is 11.5. The molecule has 0 fully saturated rings. The fraction of sp³-hybridized carbons (Fsp3) is 0.0566. The molecule has 0 unspecified atom stereocenters. The quantitative estimate of drug-likeness (QED) is 0.168. The maximum absolute atomic E-state index is 2.48. The smallest absolute Gasteiger partial charge is 0.0543 e.